The van der Waals surface area contributed by atoms with Crippen molar-refractivity contribution >= 4 is 56.9 Å². The lowest BCUT2D eigenvalue weighted by molar-refractivity contribution is 0.479. The van der Waals surface area contributed by atoms with Crippen LogP contribution in [0.15, 0.2) is 62.0 Å². The van der Waals surface area contributed by atoms with Crippen molar-refractivity contribution in [2.45, 2.75) is 19.6 Å². The Morgan fingerprint density at radius 1 is 0.576 bits per heavy atom. The average molecular weight is 540 g/mol. The van der Waals surface area contributed by atoms with E-state index in [1.54, 1.807) is 0 Å². The number of anilines is 1. The molecule has 3 aromatic carbocycles. The number of benzene rings is 3. The van der Waals surface area contributed by atoms with Crippen molar-refractivity contribution < 1.29 is 51.9 Å². The second kappa shape index (κ2) is 7.71. The van der Waals surface area contributed by atoms with Crippen LogP contribution in [0.5, 0.6) is 0 Å². The molecule has 13 nitrogen and oxygen atoms in total. The van der Waals surface area contributed by atoms with Gasteiger partial charge in [0.2, 0.25) is 0 Å². The molecule has 0 saturated heterocycles. The highest BCUT2D eigenvalue weighted by atomic mass is 32.2. The molecule has 0 spiro atoms. The summed E-state index contributed by atoms with van der Waals surface area (Å²) in [6, 6.07) is 5.57. The molecule has 0 unspecified atom stereocenters. The third-order valence-corrected chi connectivity index (χ3v) is 8.01. The Balaban J connectivity index is 2.52. The summed E-state index contributed by atoms with van der Waals surface area (Å²) in [6.07, 6.45) is 0. The molecule has 0 fully saturated rings. The first-order chi connectivity index (χ1) is 14.8. The fraction of sp³-hybridized carbons (Fsp3) is 0. The zero-order valence-electron chi connectivity index (χ0n) is 15.8. The topological polar surface area (TPSA) is 243 Å². The molecule has 0 radical (unpaired) electrons. The molecule has 0 heterocycles. The van der Waals surface area contributed by atoms with E-state index in [1.165, 1.54) is 0 Å². The standard InChI is InChI=1S/C16H13NO12S4/c17-16-13(32(24,25)26)4-3-12(31(21,22)23)15(16)8-1-2-11-9(5-8)6-10(30(18,19)20)7-14(11)33(27,28)29/h1-7H,17H2,(H,18,19,20)(H,21,22,23)(H,24,25,26)(H,27,28,29). The predicted octanol–water partition coefficient (Wildman–Crippen LogP) is 1.08. The lowest BCUT2D eigenvalue weighted by atomic mass is 10.00. The third kappa shape index (κ3) is 4.84. The van der Waals surface area contributed by atoms with E-state index in [1.807, 2.05) is 0 Å². The lowest BCUT2D eigenvalue weighted by Gasteiger charge is -2.15. The monoisotopic (exact) mass is 539 g/mol. The Morgan fingerprint density at radius 2 is 1.09 bits per heavy atom. The Hall–Kier alpha value is -2.64. The van der Waals surface area contributed by atoms with Crippen molar-refractivity contribution in [1.82, 2.24) is 0 Å². The Bertz CT molecular complexity index is 1760. The van der Waals surface area contributed by atoms with Gasteiger partial charge in [-0.3, -0.25) is 18.2 Å². The number of rotatable bonds is 5. The SMILES string of the molecule is Nc1c(S(=O)(=O)O)ccc(S(=O)(=O)O)c1-c1ccc2c(S(=O)(=O)O)cc(S(=O)(=O)O)cc2c1. The van der Waals surface area contributed by atoms with Gasteiger partial charge in [-0.05, 0) is 41.3 Å². The Labute approximate surface area is 187 Å². The number of fused-ring (bicyclic) bond motifs is 1. The van der Waals surface area contributed by atoms with Gasteiger partial charge in [-0.25, -0.2) is 0 Å². The third-order valence-electron chi connectivity index (χ3n) is 4.48. The maximum atomic E-state index is 11.8. The second-order valence-electron chi connectivity index (χ2n) is 6.61. The van der Waals surface area contributed by atoms with E-state index in [4.69, 9.17) is 5.73 Å². The van der Waals surface area contributed by atoms with Crippen LogP contribution >= 0.6 is 0 Å². The highest BCUT2D eigenvalue weighted by Gasteiger charge is 2.26. The van der Waals surface area contributed by atoms with Gasteiger partial charge in [0.05, 0.1) is 10.6 Å². The zero-order valence-corrected chi connectivity index (χ0v) is 19.1. The van der Waals surface area contributed by atoms with Crippen molar-refractivity contribution in [2.24, 2.45) is 0 Å². The summed E-state index contributed by atoms with van der Waals surface area (Å²) in [5.41, 5.74) is 4.09. The average Bonchev–Trinajstić information content (AvgIpc) is 2.63. The molecule has 0 aliphatic rings. The fourth-order valence-corrected chi connectivity index (χ4v) is 5.85. The predicted molar refractivity (Wildman–Crippen MR) is 113 cm³/mol. The first-order valence-electron chi connectivity index (χ1n) is 8.22. The minimum Gasteiger partial charge on any atom is -0.397 e. The zero-order chi connectivity index (χ0) is 25.1. The first-order valence-corrected chi connectivity index (χ1v) is 14.0. The normalized spacial score (nSPS) is 13.3. The largest absolute Gasteiger partial charge is 0.397 e. The molecule has 3 aromatic rings. The van der Waals surface area contributed by atoms with Crippen LogP contribution in [0.3, 0.4) is 0 Å². The highest BCUT2D eigenvalue weighted by molar-refractivity contribution is 7.87. The molecule has 33 heavy (non-hydrogen) atoms. The van der Waals surface area contributed by atoms with E-state index >= 15 is 0 Å². The van der Waals surface area contributed by atoms with Crippen molar-refractivity contribution in [3.8, 4) is 11.1 Å². The van der Waals surface area contributed by atoms with Gasteiger partial charge in [0, 0.05) is 10.9 Å². The molecule has 17 heteroatoms. The Morgan fingerprint density at radius 3 is 1.58 bits per heavy atom. The highest BCUT2D eigenvalue weighted by Crippen LogP contribution is 2.39. The first kappa shape index (κ1) is 25.0. The summed E-state index contributed by atoms with van der Waals surface area (Å²) < 4.78 is 131. The molecule has 178 valence electrons. The van der Waals surface area contributed by atoms with Crippen molar-refractivity contribution in [2.75, 3.05) is 5.73 Å². The van der Waals surface area contributed by atoms with Gasteiger partial charge in [-0.2, -0.15) is 33.7 Å². The molecule has 0 atom stereocenters. The lowest BCUT2D eigenvalue weighted by Crippen LogP contribution is -2.09. The van der Waals surface area contributed by atoms with Gasteiger partial charge in [-0.15, -0.1) is 0 Å². The molecule has 0 aliphatic heterocycles. The van der Waals surface area contributed by atoms with Crippen LogP contribution in [-0.4, -0.2) is 51.9 Å². The maximum absolute atomic E-state index is 11.8. The molecule has 0 aliphatic carbocycles. The molecule has 0 bridgehead atoms. The van der Waals surface area contributed by atoms with Crippen LogP contribution in [0.4, 0.5) is 5.69 Å². The van der Waals surface area contributed by atoms with Crippen LogP contribution in [-0.2, 0) is 40.5 Å². The molecular weight excluding hydrogens is 526 g/mol. The number of hydrogen-bond acceptors (Lipinski definition) is 9. The van der Waals surface area contributed by atoms with E-state index in [0.29, 0.717) is 18.2 Å². The van der Waals surface area contributed by atoms with Crippen molar-refractivity contribution in [1.29, 1.82) is 0 Å². The van der Waals surface area contributed by atoms with Crippen LogP contribution in [0.1, 0.15) is 0 Å². The Kier molecular flexibility index (Phi) is 5.84. The number of nitrogens with two attached hydrogens (primary N) is 1. The summed E-state index contributed by atoms with van der Waals surface area (Å²) in [7, 11) is -19.9. The number of hydrogen-bond donors (Lipinski definition) is 5. The van der Waals surface area contributed by atoms with Crippen molar-refractivity contribution in [3.05, 3.63) is 42.5 Å². The molecule has 0 aromatic heterocycles. The summed E-state index contributed by atoms with van der Waals surface area (Å²) in [6.45, 7) is 0. The van der Waals surface area contributed by atoms with Gasteiger partial charge < -0.3 is 5.73 Å². The van der Waals surface area contributed by atoms with Gasteiger partial charge in [0.1, 0.15) is 14.7 Å². The van der Waals surface area contributed by atoms with Gasteiger partial charge in [0.25, 0.3) is 40.5 Å². The van der Waals surface area contributed by atoms with Gasteiger partial charge >= 0.3 is 0 Å². The van der Waals surface area contributed by atoms with Gasteiger partial charge in [0.15, 0.2) is 0 Å². The molecular formula is C16H13NO12S4. The summed E-state index contributed by atoms with van der Waals surface area (Å²) in [5, 5.41) is -0.528. The minimum absolute atomic E-state index is 0.257. The van der Waals surface area contributed by atoms with Crippen LogP contribution in [0, 0.1) is 0 Å². The molecule has 3 rings (SSSR count). The smallest absolute Gasteiger partial charge is 0.296 e. The molecule has 6 N–H and O–H groups in total. The van der Waals surface area contributed by atoms with Gasteiger partial charge in [-0.1, -0.05) is 12.1 Å². The van der Waals surface area contributed by atoms with Crippen LogP contribution < -0.4 is 5.73 Å². The quantitative estimate of drug-likeness (QED) is 0.225. The summed E-state index contributed by atoms with van der Waals surface area (Å²) >= 11 is 0. The summed E-state index contributed by atoms with van der Waals surface area (Å²) in [4.78, 5) is -3.63. The van der Waals surface area contributed by atoms with Crippen molar-refractivity contribution in [3.63, 3.8) is 0 Å². The second-order valence-corrected chi connectivity index (χ2v) is 12.2. The molecule has 0 saturated carbocycles. The van der Waals surface area contributed by atoms with Crippen LogP contribution in [0.2, 0.25) is 0 Å². The number of nitrogen functional groups attached to an aromatic ring is 1. The minimum atomic E-state index is -5.01. The fourth-order valence-electron chi connectivity index (χ4n) is 3.14. The van der Waals surface area contributed by atoms with E-state index in [0.717, 1.165) is 24.3 Å². The van der Waals surface area contributed by atoms with E-state index in [9.17, 15) is 51.9 Å². The maximum Gasteiger partial charge on any atom is 0.296 e. The molecule has 0 amide bonds. The van der Waals surface area contributed by atoms with E-state index in [2.05, 4.69) is 0 Å². The van der Waals surface area contributed by atoms with E-state index < -0.39 is 71.3 Å². The van der Waals surface area contributed by atoms with Crippen LogP contribution in [0.25, 0.3) is 21.9 Å². The summed E-state index contributed by atoms with van der Waals surface area (Å²) in [5.74, 6) is 0. The van der Waals surface area contributed by atoms with E-state index in [-0.39, 0.29) is 16.3 Å².